The fraction of sp³-hybridized carbons (Fsp3) is 0.182. The molecule has 0 fully saturated rings. The molecule has 0 bridgehead atoms. The lowest BCUT2D eigenvalue weighted by atomic mass is 9.89. The zero-order valence-corrected chi connectivity index (χ0v) is 13.9. The Balaban J connectivity index is 1.83. The molecule has 0 amide bonds. The van der Waals surface area contributed by atoms with E-state index in [-0.39, 0.29) is 12.0 Å². The normalized spacial score (nSPS) is 13.7. The Morgan fingerprint density at radius 2 is 1.17 bits per heavy atom. The first-order valence-corrected chi connectivity index (χ1v) is 8.35. The van der Waals surface area contributed by atoms with Crippen LogP contribution in [0.2, 0.25) is 0 Å². The molecule has 0 radical (unpaired) electrons. The molecule has 0 aromatic heterocycles. The quantitative estimate of drug-likeness (QED) is 0.485. The van der Waals surface area contributed by atoms with Crippen LogP contribution in [0.3, 0.4) is 0 Å². The van der Waals surface area contributed by atoms with Crippen molar-refractivity contribution in [2.24, 2.45) is 10.2 Å². The number of hydrogen-bond acceptors (Lipinski definition) is 2. The summed E-state index contributed by atoms with van der Waals surface area (Å²) in [5.74, 6) is 0.271. The molecule has 120 valence electrons. The van der Waals surface area contributed by atoms with Crippen LogP contribution in [0.4, 0.5) is 0 Å². The maximum absolute atomic E-state index is 4.69. The predicted molar refractivity (Wildman–Crippen MR) is 99.0 cm³/mol. The van der Waals surface area contributed by atoms with Gasteiger partial charge in [0.2, 0.25) is 0 Å². The summed E-state index contributed by atoms with van der Waals surface area (Å²) in [6.07, 6.45) is 0. The van der Waals surface area contributed by atoms with E-state index in [0.717, 1.165) is 0 Å². The highest BCUT2D eigenvalue weighted by Gasteiger charge is 2.20. The maximum Gasteiger partial charge on any atom is 0.102 e. The molecule has 0 saturated carbocycles. The van der Waals surface area contributed by atoms with E-state index in [2.05, 4.69) is 72.7 Å². The molecule has 3 rings (SSSR count). The van der Waals surface area contributed by atoms with Crippen LogP contribution in [-0.2, 0) is 6.54 Å². The summed E-state index contributed by atoms with van der Waals surface area (Å²) in [7, 11) is 0. The molecular weight excluding hydrogens is 292 g/mol. The molecule has 2 heteroatoms. The Labute approximate surface area is 143 Å². The van der Waals surface area contributed by atoms with Crippen molar-refractivity contribution in [3.63, 3.8) is 0 Å². The van der Waals surface area contributed by atoms with Gasteiger partial charge in [-0.25, -0.2) is 0 Å². The summed E-state index contributed by atoms with van der Waals surface area (Å²) in [4.78, 5) is 0. The standard InChI is InChI=1S/C22H22N2/c1-18(20-13-7-3-8-14-20)22(21-15-9-4-10-16-21)24-23-17-19-11-5-2-6-12-19/h2-16,18,22H,17H2,1H3. The first-order valence-electron chi connectivity index (χ1n) is 8.35. The molecule has 0 spiro atoms. The number of benzene rings is 3. The van der Waals surface area contributed by atoms with Crippen LogP contribution in [0.5, 0.6) is 0 Å². The van der Waals surface area contributed by atoms with Gasteiger partial charge < -0.3 is 0 Å². The molecule has 2 nitrogen and oxygen atoms in total. The van der Waals surface area contributed by atoms with Gasteiger partial charge in [0.05, 0.1) is 6.54 Å². The third-order valence-corrected chi connectivity index (χ3v) is 4.24. The van der Waals surface area contributed by atoms with Crippen LogP contribution in [0.15, 0.2) is 101 Å². The third-order valence-electron chi connectivity index (χ3n) is 4.24. The molecule has 2 unspecified atom stereocenters. The van der Waals surface area contributed by atoms with Gasteiger partial charge in [0.1, 0.15) is 6.04 Å². The molecule has 2 atom stereocenters. The van der Waals surface area contributed by atoms with E-state index in [9.17, 15) is 0 Å². The van der Waals surface area contributed by atoms with Gasteiger partial charge in [-0.2, -0.15) is 10.2 Å². The van der Waals surface area contributed by atoms with Crippen LogP contribution >= 0.6 is 0 Å². The van der Waals surface area contributed by atoms with Gasteiger partial charge in [0.25, 0.3) is 0 Å². The SMILES string of the molecule is CC(c1ccccc1)C(N=NCc1ccccc1)c1ccccc1. The Kier molecular flexibility index (Phi) is 5.52. The predicted octanol–water partition coefficient (Wildman–Crippen LogP) is 6.18. The number of hydrogen-bond donors (Lipinski definition) is 0. The van der Waals surface area contributed by atoms with Crippen LogP contribution in [-0.4, -0.2) is 0 Å². The van der Waals surface area contributed by atoms with Gasteiger partial charge in [0.15, 0.2) is 0 Å². The van der Waals surface area contributed by atoms with Gasteiger partial charge in [-0.15, -0.1) is 0 Å². The minimum Gasteiger partial charge on any atom is -0.189 e. The first-order chi connectivity index (χ1) is 11.8. The lowest BCUT2D eigenvalue weighted by Gasteiger charge is -2.20. The average molecular weight is 314 g/mol. The topological polar surface area (TPSA) is 24.7 Å². The molecule has 0 aliphatic carbocycles. The minimum absolute atomic E-state index is 0.0253. The molecule has 0 aliphatic heterocycles. The van der Waals surface area contributed by atoms with Crippen molar-refractivity contribution in [1.29, 1.82) is 0 Å². The monoisotopic (exact) mass is 314 g/mol. The second-order valence-corrected chi connectivity index (χ2v) is 5.96. The molecule has 0 saturated heterocycles. The van der Waals surface area contributed by atoms with Crippen molar-refractivity contribution in [3.05, 3.63) is 108 Å². The van der Waals surface area contributed by atoms with Crippen molar-refractivity contribution in [2.45, 2.75) is 25.4 Å². The van der Waals surface area contributed by atoms with Crippen LogP contribution < -0.4 is 0 Å². The van der Waals surface area contributed by atoms with Crippen molar-refractivity contribution in [1.82, 2.24) is 0 Å². The molecule has 24 heavy (non-hydrogen) atoms. The Bertz CT molecular complexity index is 752. The van der Waals surface area contributed by atoms with Crippen molar-refractivity contribution < 1.29 is 0 Å². The lowest BCUT2D eigenvalue weighted by molar-refractivity contribution is 0.563. The van der Waals surface area contributed by atoms with Gasteiger partial charge in [0, 0.05) is 5.92 Å². The smallest absolute Gasteiger partial charge is 0.102 e. The largest absolute Gasteiger partial charge is 0.189 e. The maximum atomic E-state index is 4.69. The Hall–Kier alpha value is -2.74. The second-order valence-electron chi connectivity index (χ2n) is 5.96. The van der Waals surface area contributed by atoms with Crippen LogP contribution in [0.1, 0.15) is 35.6 Å². The van der Waals surface area contributed by atoms with E-state index < -0.39 is 0 Å². The molecular formula is C22H22N2. The lowest BCUT2D eigenvalue weighted by Crippen LogP contribution is -2.06. The van der Waals surface area contributed by atoms with E-state index in [0.29, 0.717) is 6.54 Å². The molecule has 0 N–H and O–H groups in total. The van der Waals surface area contributed by atoms with E-state index in [4.69, 9.17) is 5.11 Å². The Morgan fingerprint density at radius 1 is 0.667 bits per heavy atom. The summed E-state index contributed by atoms with van der Waals surface area (Å²) >= 11 is 0. The molecule has 0 aliphatic rings. The highest BCUT2D eigenvalue weighted by Crippen LogP contribution is 2.34. The summed E-state index contributed by atoms with van der Waals surface area (Å²) in [5, 5.41) is 9.18. The van der Waals surface area contributed by atoms with Gasteiger partial charge >= 0.3 is 0 Å². The van der Waals surface area contributed by atoms with Crippen LogP contribution in [0.25, 0.3) is 0 Å². The zero-order chi connectivity index (χ0) is 16.6. The number of rotatable bonds is 6. The van der Waals surface area contributed by atoms with E-state index in [1.807, 2.05) is 30.3 Å². The fourth-order valence-corrected chi connectivity index (χ4v) is 2.84. The van der Waals surface area contributed by atoms with Crippen molar-refractivity contribution in [2.75, 3.05) is 0 Å². The van der Waals surface area contributed by atoms with Crippen LogP contribution in [0, 0.1) is 0 Å². The van der Waals surface area contributed by atoms with E-state index in [1.165, 1.54) is 16.7 Å². The van der Waals surface area contributed by atoms with Gasteiger partial charge in [-0.3, -0.25) is 0 Å². The van der Waals surface area contributed by atoms with E-state index in [1.54, 1.807) is 0 Å². The Morgan fingerprint density at radius 3 is 1.75 bits per heavy atom. The van der Waals surface area contributed by atoms with Gasteiger partial charge in [-0.05, 0) is 16.7 Å². The summed E-state index contributed by atoms with van der Waals surface area (Å²) in [6.45, 7) is 2.83. The fourth-order valence-electron chi connectivity index (χ4n) is 2.84. The molecule has 3 aromatic rings. The van der Waals surface area contributed by atoms with Gasteiger partial charge in [-0.1, -0.05) is 97.9 Å². The summed E-state index contributed by atoms with van der Waals surface area (Å²) in [6, 6.07) is 31.2. The second kappa shape index (κ2) is 8.21. The van der Waals surface area contributed by atoms with Crippen molar-refractivity contribution in [3.8, 4) is 0 Å². The number of nitrogens with zero attached hydrogens (tertiary/aromatic N) is 2. The molecule has 0 heterocycles. The third kappa shape index (κ3) is 4.17. The summed E-state index contributed by atoms with van der Waals surface area (Å²) < 4.78 is 0. The highest BCUT2D eigenvalue weighted by atomic mass is 15.1. The van der Waals surface area contributed by atoms with Crippen molar-refractivity contribution >= 4 is 0 Å². The number of azo groups is 1. The average Bonchev–Trinajstić information content (AvgIpc) is 2.67. The van der Waals surface area contributed by atoms with E-state index >= 15 is 0 Å². The first kappa shape index (κ1) is 16.1. The zero-order valence-electron chi connectivity index (χ0n) is 13.9. The highest BCUT2D eigenvalue weighted by molar-refractivity contribution is 5.27. The molecule has 3 aromatic carbocycles. The minimum atomic E-state index is 0.0253. The summed E-state index contributed by atoms with van der Waals surface area (Å²) in [5.41, 5.74) is 3.66.